The fourth-order valence-electron chi connectivity index (χ4n) is 3.12. The fraction of sp³-hybridized carbons (Fsp3) is 0.261. The molecule has 3 rings (SSSR count). The number of carbonyl (C=O) groups excluding carboxylic acids is 2. The van der Waals surface area contributed by atoms with Crippen molar-refractivity contribution in [2.75, 3.05) is 21.3 Å². The Labute approximate surface area is 189 Å². The van der Waals surface area contributed by atoms with Crippen LogP contribution in [-0.4, -0.2) is 38.2 Å². The van der Waals surface area contributed by atoms with Gasteiger partial charge in [0.25, 0.3) is 5.91 Å². The maximum atomic E-state index is 13.2. The predicted molar refractivity (Wildman–Crippen MR) is 119 cm³/mol. The first-order valence-electron chi connectivity index (χ1n) is 9.69. The number of rotatable bonds is 8. The molecule has 0 radical (unpaired) electrons. The lowest BCUT2D eigenvalue weighted by Crippen LogP contribution is -2.30. The van der Waals surface area contributed by atoms with Gasteiger partial charge in [0.2, 0.25) is 0 Å². The van der Waals surface area contributed by atoms with E-state index in [-0.39, 0.29) is 18.1 Å². The standard InChI is InChI=1S/C23H23FN2O5S/c1-13-21(32-23(25-13)14-5-8-16(24)9-6-14)22(28)26-17(12-20(27)31-4)15-7-10-18(29-2)19(11-15)30-3/h5-11,17H,12H2,1-4H3,(H,26,28). The van der Waals surface area contributed by atoms with Gasteiger partial charge >= 0.3 is 5.97 Å². The number of halogens is 1. The van der Waals surface area contributed by atoms with Gasteiger partial charge in [-0.1, -0.05) is 6.07 Å². The van der Waals surface area contributed by atoms with E-state index in [2.05, 4.69) is 10.3 Å². The van der Waals surface area contributed by atoms with Crippen LogP contribution in [0, 0.1) is 12.7 Å². The lowest BCUT2D eigenvalue weighted by molar-refractivity contribution is -0.141. The first-order valence-corrected chi connectivity index (χ1v) is 10.5. The highest BCUT2D eigenvalue weighted by atomic mass is 32.1. The van der Waals surface area contributed by atoms with E-state index >= 15 is 0 Å². The summed E-state index contributed by atoms with van der Waals surface area (Å²) in [4.78, 5) is 29.9. The van der Waals surface area contributed by atoms with E-state index in [1.54, 1.807) is 37.3 Å². The molecule has 1 heterocycles. The zero-order valence-electron chi connectivity index (χ0n) is 18.1. The second-order valence-electron chi connectivity index (χ2n) is 6.86. The molecule has 7 nitrogen and oxygen atoms in total. The quantitative estimate of drug-likeness (QED) is 0.506. The maximum Gasteiger partial charge on any atom is 0.307 e. The fourth-order valence-corrected chi connectivity index (χ4v) is 4.09. The number of ether oxygens (including phenoxy) is 3. The van der Waals surface area contributed by atoms with Crippen LogP contribution >= 0.6 is 11.3 Å². The number of hydrogen-bond donors (Lipinski definition) is 1. The Bertz CT molecular complexity index is 1110. The van der Waals surface area contributed by atoms with Crippen LogP contribution in [0.4, 0.5) is 4.39 Å². The third-order valence-electron chi connectivity index (χ3n) is 4.81. The second-order valence-corrected chi connectivity index (χ2v) is 7.86. The van der Waals surface area contributed by atoms with E-state index in [4.69, 9.17) is 14.2 Å². The molecular formula is C23H23FN2O5S. The van der Waals surface area contributed by atoms with Gasteiger partial charge in [-0.15, -0.1) is 11.3 Å². The zero-order chi connectivity index (χ0) is 23.3. The molecule has 0 bridgehead atoms. The van der Waals surface area contributed by atoms with Gasteiger partial charge in [-0.2, -0.15) is 0 Å². The van der Waals surface area contributed by atoms with Gasteiger partial charge in [-0.3, -0.25) is 9.59 Å². The molecule has 0 aliphatic rings. The highest BCUT2D eigenvalue weighted by molar-refractivity contribution is 7.17. The number of aromatic nitrogens is 1. The van der Waals surface area contributed by atoms with Crippen LogP contribution in [0.25, 0.3) is 10.6 Å². The first kappa shape index (κ1) is 23.2. The summed E-state index contributed by atoms with van der Waals surface area (Å²) in [6.07, 6.45) is -0.0691. The second kappa shape index (κ2) is 10.2. The molecule has 0 aliphatic heterocycles. The molecule has 1 unspecified atom stereocenters. The molecule has 168 valence electrons. The number of methoxy groups -OCH3 is 3. The average molecular weight is 459 g/mol. The Kier molecular flexibility index (Phi) is 7.42. The van der Waals surface area contributed by atoms with Gasteiger partial charge in [-0.05, 0) is 48.9 Å². The van der Waals surface area contributed by atoms with Crippen LogP contribution < -0.4 is 14.8 Å². The molecule has 0 fully saturated rings. The SMILES string of the molecule is COC(=O)CC(NC(=O)c1sc(-c2ccc(F)cc2)nc1C)c1ccc(OC)c(OC)c1. The monoisotopic (exact) mass is 458 g/mol. The molecule has 1 N–H and O–H groups in total. The predicted octanol–water partition coefficient (Wildman–Crippen LogP) is 4.31. The average Bonchev–Trinajstić information content (AvgIpc) is 3.20. The van der Waals surface area contributed by atoms with E-state index in [1.807, 2.05) is 0 Å². The van der Waals surface area contributed by atoms with Gasteiger partial charge in [0.15, 0.2) is 11.5 Å². The van der Waals surface area contributed by atoms with Gasteiger partial charge < -0.3 is 19.5 Å². The molecule has 1 aromatic heterocycles. The summed E-state index contributed by atoms with van der Waals surface area (Å²) in [6, 6.07) is 10.4. The summed E-state index contributed by atoms with van der Waals surface area (Å²) in [7, 11) is 4.32. The summed E-state index contributed by atoms with van der Waals surface area (Å²) in [5.74, 6) is -0.195. The molecule has 0 saturated carbocycles. The van der Waals surface area contributed by atoms with E-state index in [9.17, 15) is 14.0 Å². The van der Waals surface area contributed by atoms with Crippen LogP contribution in [0.1, 0.15) is 33.4 Å². The zero-order valence-corrected chi connectivity index (χ0v) is 18.9. The summed E-state index contributed by atoms with van der Waals surface area (Å²) in [5, 5.41) is 3.49. The lowest BCUT2D eigenvalue weighted by atomic mass is 10.0. The number of esters is 1. The normalized spacial score (nSPS) is 11.5. The van der Waals surface area contributed by atoms with Crippen LogP contribution in [-0.2, 0) is 9.53 Å². The number of nitrogens with one attached hydrogen (secondary N) is 1. The van der Waals surface area contributed by atoms with Crippen LogP contribution in [0.3, 0.4) is 0 Å². The summed E-state index contributed by atoms with van der Waals surface area (Å²) in [6.45, 7) is 1.73. The van der Waals surface area contributed by atoms with Crippen LogP contribution in [0.15, 0.2) is 42.5 Å². The minimum atomic E-state index is -0.662. The van der Waals surface area contributed by atoms with Crippen molar-refractivity contribution in [3.05, 3.63) is 64.4 Å². The molecule has 0 saturated heterocycles. The number of amides is 1. The Hall–Kier alpha value is -3.46. The number of benzene rings is 2. The van der Waals surface area contributed by atoms with Crippen molar-refractivity contribution < 1.29 is 28.2 Å². The minimum absolute atomic E-state index is 0.0691. The topological polar surface area (TPSA) is 86.8 Å². The summed E-state index contributed by atoms with van der Waals surface area (Å²) >= 11 is 1.20. The van der Waals surface area contributed by atoms with E-state index in [1.165, 1.54) is 44.8 Å². The molecule has 32 heavy (non-hydrogen) atoms. The van der Waals surface area contributed by atoms with Crippen molar-refractivity contribution in [3.8, 4) is 22.1 Å². The summed E-state index contributed by atoms with van der Waals surface area (Å²) in [5.41, 5.74) is 1.91. The van der Waals surface area contributed by atoms with Crippen LogP contribution in [0.5, 0.6) is 11.5 Å². The maximum absolute atomic E-state index is 13.2. The highest BCUT2D eigenvalue weighted by Crippen LogP contribution is 2.32. The third-order valence-corrected chi connectivity index (χ3v) is 6.01. The van der Waals surface area contributed by atoms with Gasteiger partial charge in [0.1, 0.15) is 15.7 Å². The van der Waals surface area contributed by atoms with E-state index in [0.717, 1.165) is 0 Å². The molecular weight excluding hydrogens is 435 g/mol. The number of carbonyl (C=O) groups is 2. The Balaban J connectivity index is 1.89. The van der Waals surface area contributed by atoms with Gasteiger partial charge in [0, 0.05) is 5.56 Å². The number of aryl methyl sites for hydroxylation is 1. The largest absolute Gasteiger partial charge is 0.493 e. The van der Waals surface area contributed by atoms with Gasteiger partial charge in [-0.25, -0.2) is 9.37 Å². The lowest BCUT2D eigenvalue weighted by Gasteiger charge is -2.19. The molecule has 1 atom stereocenters. The van der Waals surface area contributed by atoms with Crippen molar-refractivity contribution in [1.29, 1.82) is 0 Å². The number of hydrogen-bond acceptors (Lipinski definition) is 7. The van der Waals surface area contributed by atoms with Gasteiger partial charge in [0.05, 0.1) is 39.5 Å². The number of nitrogens with zero attached hydrogens (tertiary/aromatic N) is 1. The molecule has 1 amide bonds. The number of thiazole rings is 1. The van der Waals surface area contributed by atoms with Crippen LogP contribution in [0.2, 0.25) is 0 Å². The third kappa shape index (κ3) is 5.23. The Morgan fingerprint density at radius 2 is 1.75 bits per heavy atom. The van der Waals surface area contributed by atoms with Crippen molar-refractivity contribution >= 4 is 23.2 Å². The molecule has 3 aromatic rings. The highest BCUT2D eigenvalue weighted by Gasteiger charge is 2.24. The van der Waals surface area contributed by atoms with Crippen molar-refractivity contribution in [1.82, 2.24) is 10.3 Å². The van der Waals surface area contributed by atoms with E-state index in [0.29, 0.717) is 38.2 Å². The Morgan fingerprint density at radius 3 is 2.38 bits per heavy atom. The smallest absolute Gasteiger partial charge is 0.307 e. The van der Waals surface area contributed by atoms with E-state index < -0.39 is 12.0 Å². The Morgan fingerprint density at radius 1 is 1.06 bits per heavy atom. The van der Waals surface area contributed by atoms with Crippen molar-refractivity contribution in [2.45, 2.75) is 19.4 Å². The molecule has 9 heteroatoms. The first-order chi connectivity index (χ1) is 15.4. The summed E-state index contributed by atoms with van der Waals surface area (Å²) < 4.78 is 28.6. The molecule has 0 aliphatic carbocycles. The minimum Gasteiger partial charge on any atom is -0.493 e. The van der Waals surface area contributed by atoms with Crippen molar-refractivity contribution in [3.63, 3.8) is 0 Å². The molecule has 2 aromatic carbocycles. The van der Waals surface area contributed by atoms with Crippen molar-refractivity contribution in [2.24, 2.45) is 0 Å². The molecule has 0 spiro atoms.